The average Bonchev–Trinajstić information content (AvgIpc) is 3.44. The van der Waals surface area contributed by atoms with E-state index in [1.165, 1.54) is 11.3 Å². The molecule has 4 rings (SSSR count). The van der Waals surface area contributed by atoms with Crippen LogP contribution in [-0.2, 0) is 16.6 Å². The molecule has 1 aliphatic carbocycles. The van der Waals surface area contributed by atoms with E-state index >= 15 is 0 Å². The van der Waals surface area contributed by atoms with Gasteiger partial charge in [0.2, 0.25) is 11.0 Å². The lowest BCUT2D eigenvalue weighted by Crippen LogP contribution is -2.27. The van der Waals surface area contributed by atoms with Crippen LogP contribution in [0.2, 0.25) is 0 Å². The third-order valence-electron chi connectivity index (χ3n) is 5.00. The number of aromatic nitrogens is 2. The average molecular weight is 395 g/mol. The first-order chi connectivity index (χ1) is 13.6. The summed E-state index contributed by atoms with van der Waals surface area (Å²) in [7, 11) is 3.22. The summed E-state index contributed by atoms with van der Waals surface area (Å²) in [4.78, 5) is 12.8. The molecule has 0 saturated heterocycles. The molecule has 28 heavy (non-hydrogen) atoms. The van der Waals surface area contributed by atoms with Gasteiger partial charge in [0.1, 0.15) is 5.01 Å². The van der Waals surface area contributed by atoms with Gasteiger partial charge in [-0.25, -0.2) is 0 Å². The SMILES string of the molecule is COc1ccc(Cc2nnc(NC(=O)C3(c4ccccc4)CC3)s2)cc1OC. The zero-order valence-corrected chi connectivity index (χ0v) is 16.6. The van der Waals surface area contributed by atoms with Crippen molar-refractivity contribution in [1.82, 2.24) is 10.2 Å². The van der Waals surface area contributed by atoms with E-state index in [1.54, 1.807) is 14.2 Å². The van der Waals surface area contributed by atoms with E-state index < -0.39 is 5.41 Å². The molecule has 7 heteroatoms. The molecule has 1 amide bonds. The Morgan fingerprint density at radius 1 is 1.07 bits per heavy atom. The molecule has 1 aromatic heterocycles. The quantitative estimate of drug-likeness (QED) is 0.658. The first kappa shape index (κ1) is 18.4. The largest absolute Gasteiger partial charge is 0.493 e. The Hall–Kier alpha value is -2.93. The van der Waals surface area contributed by atoms with Crippen molar-refractivity contribution >= 4 is 22.4 Å². The van der Waals surface area contributed by atoms with Crippen LogP contribution in [0.15, 0.2) is 48.5 Å². The fraction of sp³-hybridized carbons (Fsp3) is 0.286. The number of benzene rings is 2. The minimum atomic E-state index is -0.420. The summed E-state index contributed by atoms with van der Waals surface area (Å²) in [6, 6.07) is 15.7. The molecule has 0 radical (unpaired) electrons. The molecule has 0 aliphatic heterocycles. The summed E-state index contributed by atoms with van der Waals surface area (Å²) < 4.78 is 10.6. The Balaban J connectivity index is 1.44. The second-order valence-electron chi connectivity index (χ2n) is 6.77. The molecule has 1 N–H and O–H groups in total. The van der Waals surface area contributed by atoms with Crippen LogP contribution < -0.4 is 14.8 Å². The van der Waals surface area contributed by atoms with Crippen LogP contribution in [0.3, 0.4) is 0 Å². The monoisotopic (exact) mass is 395 g/mol. The molecule has 1 heterocycles. The van der Waals surface area contributed by atoms with Crippen molar-refractivity contribution in [3.05, 3.63) is 64.7 Å². The van der Waals surface area contributed by atoms with E-state index in [9.17, 15) is 4.79 Å². The standard InChI is InChI=1S/C21H21N3O3S/c1-26-16-9-8-14(12-17(16)27-2)13-18-23-24-20(28-18)22-19(25)21(10-11-21)15-6-4-3-5-7-15/h3-9,12H,10-11,13H2,1-2H3,(H,22,24,25). The number of nitrogens with one attached hydrogen (secondary N) is 1. The number of anilines is 1. The molecule has 0 bridgehead atoms. The summed E-state index contributed by atoms with van der Waals surface area (Å²) in [6.45, 7) is 0. The van der Waals surface area contributed by atoms with Gasteiger partial charge in [-0.05, 0) is 36.1 Å². The van der Waals surface area contributed by atoms with Gasteiger partial charge in [-0.15, -0.1) is 10.2 Å². The number of hydrogen-bond acceptors (Lipinski definition) is 6. The van der Waals surface area contributed by atoms with E-state index in [4.69, 9.17) is 9.47 Å². The van der Waals surface area contributed by atoms with Crippen LogP contribution in [0.4, 0.5) is 5.13 Å². The molecule has 6 nitrogen and oxygen atoms in total. The molecule has 0 atom stereocenters. The van der Waals surface area contributed by atoms with E-state index in [1.807, 2.05) is 48.5 Å². The highest BCUT2D eigenvalue weighted by atomic mass is 32.1. The van der Waals surface area contributed by atoms with Crippen LogP contribution in [0.1, 0.15) is 29.0 Å². The van der Waals surface area contributed by atoms with Crippen LogP contribution >= 0.6 is 11.3 Å². The third kappa shape index (κ3) is 3.57. The fourth-order valence-electron chi connectivity index (χ4n) is 3.29. The minimum absolute atomic E-state index is 0.00693. The third-order valence-corrected chi connectivity index (χ3v) is 5.84. The number of amides is 1. The molecule has 1 fully saturated rings. The van der Waals surface area contributed by atoms with Crippen molar-refractivity contribution < 1.29 is 14.3 Å². The van der Waals surface area contributed by atoms with Crippen molar-refractivity contribution in [2.45, 2.75) is 24.7 Å². The van der Waals surface area contributed by atoms with Gasteiger partial charge in [-0.3, -0.25) is 10.1 Å². The lowest BCUT2D eigenvalue weighted by Gasteiger charge is -2.14. The van der Waals surface area contributed by atoms with Gasteiger partial charge in [0.05, 0.1) is 19.6 Å². The highest BCUT2D eigenvalue weighted by Crippen LogP contribution is 2.49. The van der Waals surface area contributed by atoms with E-state index in [0.29, 0.717) is 23.1 Å². The van der Waals surface area contributed by atoms with Gasteiger partial charge < -0.3 is 9.47 Å². The maximum atomic E-state index is 12.8. The van der Waals surface area contributed by atoms with E-state index in [2.05, 4.69) is 15.5 Å². The number of nitrogens with zero attached hydrogens (tertiary/aromatic N) is 2. The van der Waals surface area contributed by atoms with Gasteiger partial charge in [-0.1, -0.05) is 47.7 Å². The first-order valence-corrected chi connectivity index (χ1v) is 9.86. The van der Waals surface area contributed by atoms with Crippen molar-refractivity contribution in [3.63, 3.8) is 0 Å². The second kappa shape index (κ2) is 7.59. The number of carbonyl (C=O) groups is 1. The highest BCUT2D eigenvalue weighted by Gasteiger charge is 2.51. The maximum absolute atomic E-state index is 12.8. The van der Waals surface area contributed by atoms with Crippen molar-refractivity contribution in [1.29, 1.82) is 0 Å². The van der Waals surface area contributed by atoms with Gasteiger partial charge in [0.15, 0.2) is 11.5 Å². The van der Waals surface area contributed by atoms with Crippen molar-refractivity contribution in [3.8, 4) is 11.5 Å². The number of ether oxygens (including phenoxy) is 2. The molecule has 2 aromatic carbocycles. The fourth-order valence-corrected chi connectivity index (χ4v) is 4.06. The Kier molecular flexibility index (Phi) is 5.00. The summed E-state index contributed by atoms with van der Waals surface area (Å²) in [5, 5.41) is 12.7. The molecule has 0 unspecified atom stereocenters. The summed E-state index contributed by atoms with van der Waals surface area (Å²) >= 11 is 1.39. The summed E-state index contributed by atoms with van der Waals surface area (Å²) in [6.07, 6.45) is 2.33. The van der Waals surface area contributed by atoms with Gasteiger partial charge in [0, 0.05) is 6.42 Å². The number of hydrogen-bond donors (Lipinski definition) is 1. The predicted octanol–water partition coefficient (Wildman–Crippen LogP) is 3.82. The van der Waals surface area contributed by atoms with Gasteiger partial charge in [-0.2, -0.15) is 0 Å². The molecule has 1 aliphatic rings. The first-order valence-electron chi connectivity index (χ1n) is 9.05. The maximum Gasteiger partial charge on any atom is 0.236 e. The van der Waals surface area contributed by atoms with Crippen molar-refractivity contribution in [2.75, 3.05) is 19.5 Å². The Morgan fingerprint density at radius 3 is 2.50 bits per heavy atom. The smallest absolute Gasteiger partial charge is 0.236 e. The molecule has 3 aromatic rings. The second-order valence-corrected chi connectivity index (χ2v) is 7.83. The number of methoxy groups -OCH3 is 2. The lowest BCUT2D eigenvalue weighted by atomic mass is 9.95. The zero-order valence-electron chi connectivity index (χ0n) is 15.8. The zero-order chi connectivity index (χ0) is 19.6. The van der Waals surface area contributed by atoms with Crippen LogP contribution in [0, 0.1) is 0 Å². The van der Waals surface area contributed by atoms with Crippen LogP contribution in [-0.4, -0.2) is 30.3 Å². The predicted molar refractivity (Wildman–Crippen MR) is 108 cm³/mol. The Bertz CT molecular complexity index is 984. The summed E-state index contributed by atoms with van der Waals surface area (Å²) in [5.74, 6) is 1.36. The minimum Gasteiger partial charge on any atom is -0.493 e. The molecular formula is C21H21N3O3S. The molecule has 1 saturated carbocycles. The molecule has 144 valence electrons. The number of rotatable bonds is 7. The van der Waals surface area contributed by atoms with Crippen LogP contribution in [0.25, 0.3) is 0 Å². The van der Waals surface area contributed by atoms with E-state index in [0.717, 1.165) is 29.0 Å². The van der Waals surface area contributed by atoms with Gasteiger partial charge >= 0.3 is 0 Å². The van der Waals surface area contributed by atoms with Crippen molar-refractivity contribution in [2.24, 2.45) is 0 Å². The Labute approximate surface area is 167 Å². The lowest BCUT2D eigenvalue weighted by molar-refractivity contribution is -0.118. The number of carbonyl (C=O) groups excluding carboxylic acids is 1. The molecular weight excluding hydrogens is 374 g/mol. The topological polar surface area (TPSA) is 73.3 Å². The molecule has 0 spiro atoms. The van der Waals surface area contributed by atoms with E-state index in [-0.39, 0.29) is 5.91 Å². The Morgan fingerprint density at radius 2 is 1.82 bits per heavy atom. The van der Waals surface area contributed by atoms with Gasteiger partial charge in [0.25, 0.3) is 0 Å². The highest BCUT2D eigenvalue weighted by molar-refractivity contribution is 7.15. The normalized spacial score (nSPS) is 14.4. The van der Waals surface area contributed by atoms with Crippen LogP contribution in [0.5, 0.6) is 11.5 Å². The summed E-state index contributed by atoms with van der Waals surface area (Å²) in [5.41, 5.74) is 1.67.